The number of hydrogen-bond acceptors (Lipinski definition) is 2. The van der Waals surface area contributed by atoms with Crippen molar-refractivity contribution in [3.05, 3.63) is 65.7 Å². The molecule has 0 saturated heterocycles. The number of benzene rings is 2. The molecule has 1 atom stereocenters. The average Bonchev–Trinajstić information content (AvgIpc) is 2.53. The normalized spacial score (nSPS) is 18.4. The van der Waals surface area contributed by atoms with Crippen molar-refractivity contribution < 1.29 is 0 Å². The van der Waals surface area contributed by atoms with Gasteiger partial charge in [-0.15, -0.1) is 0 Å². The van der Waals surface area contributed by atoms with E-state index in [-0.39, 0.29) is 5.92 Å². The van der Waals surface area contributed by atoms with E-state index < -0.39 is 0 Å². The van der Waals surface area contributed by atoms with Gasteiger partial charge in [-0.05, 0) is 42.5 Å². The van der Waals surface area contributed by atoms with Gasteiger partial charge >= 0.3 is 0 Å². The zero-order valence-electron chi connectivity index (χ0n) is 11.4. The minimum absolute atomic E-state index is 0.269. The van der Waals surface area contributed by atoms with E-state index in [1.54, 1.807) is 0 Å². The highest BCUT2D eigenvalue weighted by Gasteiger charge is 2.24. The summed E-state index contributed by atoms with van der Waals surface area (Å²) in [6, 6.07) is 18.5. The van der Waals surface area contributed by atoms with E-state index in [2.05, 4.69) is 34.7 Å². The Kier molecular flexibility index (Phi) is 3.79. The number of aliphatic imine (C=N–C) groups is 1. The summed E-state index contributed by atoms with van der Waals surface area (Å²) >= 11 is 0. The van der Waals surface area contributed by atoms with Crippen LogP contribution in [-0.2, 0) is 6.42 Å². The van der Waals surface area contributed by atoms with Crippen LogP contribution in [0.5, 0.6) is 0 Å². The summed E-state index contributed by atoms with van der Waals surface area (Å²) in [6.07, 6.45) is 3.42. The first-order valence-electron chi connectivity index (χ1n) is 7.06. The predicted octanol–water partition coefficient (Wildman–Crippen LogP) is 3.30. The lowest BCUT2D eigenvalue weighted by Crippen LogP contribution is -2.36. The third-order valence-electron chi connectivity index (χ3n) is 3.85. The molecule has 3 N–H and O–H groups in total. The number of para-hydroxylation sites is 1. The van der Waals surface area contributed by atoms with Crippen molar-refractivity contribution in [2.75, 3.05) is 0 Å². The Balaban J connectivity index is 1.97. The molecule has 0 saturated carbocycles. The SMILES string of the molecule is NNC(=Nc1ccccc1)C1CCCc2ccccc21. The molecule has 1 aliphatic rings. The van der Waals surface area contributed by atoms with Gasteiger partial charge in [-0.2, -0.15) is 0 Å². The molecule has 2 aromatic carbocycles. The van der Waals surface area contributed by atoms with Crippen LogP contribution in [0.4, 0.5) is 5.69 Å². The summed E-state index contributed by atoms with van der Waals surface area (Å²) in [4.78, 5) is 4.68. The molecule has 0 fully saturated rings. The highest BCUT2D eigenvalue weighted by Crippen LogP contribution is 2.32. The zero-order chi connectivity index (χ0) is 13.8. The number of nitrogens with two attached hydrogens (primary N) is 1. The standard InChI is InChI=1S/C17H19N3/c18-20-17(19-14-9-2-1-3-10-14)16-12-6-8-13-7-4-5-11-15(13)16/h1-5,7,9-11,16H,6,8,12,18H2,(H,19,20). The number of fused-ring (bicyclic) bond motifs is 1. The highest BCUT2D eigenvalue weighted by molar-refractivity contribution is 5.91. The van der Waals surface area contributed by atoms with Gasteiger partial charge in [0.2, 0.25) is 0 Å². The molecular formula is C17H19N3. The Bertz CT molecular complexity index is 605. The molecule has 102 valence electrons. The number of nitrogens with one attached hydrogen (secondary N) is 1. The maximum Gasteiger partial charge on any atom is 0.124 e. The van der Waals surface area contributed by atoms with Gasteiger partial charge in [0, 0.05) is 5.92 Å². The maximum atomic E-state index is 5.73. The average molecular weight is 265 g/mol. The lowest BCUT2D eigenvalue weighted by atomic mass is 9.82. The van der Waals surface area contributed by atoms with Crippen molar-refractivity contribution in [3.63, 3.8) is 0 Å². The number of rotatable bonds is 2. The topological polar surface area (TPSA) is 50.4 Å². The van der Waals surface area contributed by atoms with Gasteiger partial charge < -0.3 is 5.43 Å². The molecule has 3 nitrogen and oxygen atoms in total. The van der Waals surface area contributed by atoms with E-state index in [9.17, 15) is 0 Å². The van der Waals surface area contributed by atoms with E-state index >= 15 is 0 Å². The first-order chi connectivity index (χ1) is 9.88. The summed E-state index contributed by atoms with van der Waals surface area (Å²) in [5, 5.41) is 0. The van der Waals surface area contributed by atoms with E-state index in [0.29, 0.717) is 0 Å². The van der Waals surface area contributed by atoms with Crippen molar-refractivity contribution in [1.82, 2.24) is 5.43 Å². The van der Waals surface area contributed by atoms with Gasteiger partial charge in [0.05, 0.1) is 5.69 Å². The van der Waals surface area contributed by atoms with Gasteiger partial charge in [-0.3, -0.25) is 0 Å². The molecule has 1 unspecified atom stereocenters. The molecular weight excluding hydrogens is 246 g/mol. The molecule has 20 heavy (non-hydrogen) atoms. The number of hydrazine groups is 1. The third-order valence-corrected chi connectivity index (χ3v) is 3.85. The number of amidine groups is 1. The molecule has 0 radical (unpaired) electrons. The maximum absolute atomic E-state index is 5.73. The first kappa shape index (κ1) is 12.9. The van der Waals surface area contributed by atoms with Crippen molar-refractivity contribution in [2.24, 2.45) is 10.8 Å². The predicted molar refractivity (Wildman–Crippen MR) is 83.0 cm³/mol. The number of aryl methyl sites for hydroxylation is 1. The fourth-order valence-corrected chi connectivity index (χ4v) is 2.89. The Morgan fingerprint density at radius 3 is 2.60 bits per heavy atom. The second-order valence-corrected chi connectivity index (χ2v) is 5.12. The molecule has 0 spiro atoms. The van der Waals surface area contributed by atoms with Crippen LogP contribution in [0, 0.1) is 0 Å². The lowest BCUT2D eigenvalue weighted by Gasteiger charge is -2.26. The van der Waals surface area contributed by atoms with Crippen LogP contribution in [-0.4, -0.2) is 5.84 Å². The number of hydrogen-bond donors (Lipinski definition) is 2. The van der Waals surface area contributed by atoms with Crippen LogP contribution in [0.2, 0.25) is 0 Å². The Labute approximate surface area is 119 Å². The Morgan fingerprint density at radius 2 is 1.80 bits per heavy atom. The van der Waals surface area contributed by atoms with Gasteiger partial charge in [0.1, 0.15) is 5.84 Å². The van der Waals surface area contributed by atoms with Gasteiger partial charge in [-0.1, -0.05) is 42.5 Å². The molecule has 0 aliphatic heterocycles. The van der Waals surface area contributed by atoms with Crippen LogP contribution < -0.4 is 11.3 Å². The van der Waals surface area contributed by atoms with Gasteiger partial charge in [-0.25, -0.2) is 10.8 Å². The monoisotopic (exact) mass is 265 g/mol. The van der Waals surface area contributed by atoms with E-state index in [4.69, 9.17) is 5.84 Å². The van der Waals surface area contributed by atoms with E-state index in [1.807, 2.05) is 30.3 Å². The second kappa shape index (κ2) is 5.88. The van der Waals surface area contributed by atoms with Crippen LogP contribution in [0.1, 0.15) is 29.9 Å². The van der Waals surface area contributed by atoms with E-state index in [0.717, 1.165) is 24.4 Å². The summed E-state index contributed by atoms with van der Waals surface area (Å²) in [5.41, 5.74) is 6.51. The summed E-state index contributed by atoms with van der Waals surface area (Å²) in [7, 11) is 0. The minimum atomic E-state index is 0.269. The molecule has 2 aromatic rings. The molecule has 0 bridgehead atoms. The Hall–Kier alpha value is -2.13. The number of nitrogens with zero attached hydrogens (tertiary/aromatic N) is 1. The van der Waals surface area contributed by atoms with Crippen LogP contribution in [0.25, 0.3) is 0 Å². The van der Waals surface area contributed by atoms with Crippen molar-refractivity contribution in [3.8, 4) is 0 Å². The van der Waals surface area contributed by atoms with Crippen molar-refractivity contribution in [1.29, 1.82) is 0 Å². The van der Waals surface area contributed by atoms with Crippen LogP contribution >= 0.6 is 0 Å². The second-order valence-electron chi connectivity index (χ2n) is 5.12. The fraction of sp³-hybridized carbons (Fsp3) is 0.235. The van der Waals surface area contributed by atoms with Gasteiger partial charge in [0.15, 0.2) is 0 Å². The molecule has 1 aliphatic carbocycles. The van der Waals surface area contributed by atoms with Crippen LogP contribution in [0.15, 0.2) is 59.6 Å². The van der Waals surface area contributed by atoms with E-state index in [1.165, 1.54) is 17.5 Å². The quantitative estimate of drug-likeness (QED) is 0.379. The first-order valence-corrected chi connectivity index (χ1v) is 7.06. The highest BCUT2D eigenvalue weighted by atomic mass is 15.3. The lowest BCUT2D eigenvalue weighted by molar-refractivity contribution is 0.636. The zero-order valence-corrected chi connectivity index (χ0v) is 11.4. The molecule has 3 heteroatoms. The molecule has 0 aromatic heterocycles. The van der Waals surface area contributed by atoms with Gasteiger partial charge in [0.25, 0.3) is 0 Å². The Morgan fingerprint density at radius 1 is 1.05 bits per heavy atom. The largest absolute Gasteiger partial charge is 0.311 e. The molecule has 3 rings (SSSR count). The summed E-state index contributed by atoms with van der Waals surface area (Å²) in [5.74, 6) is 6.85. The van der Waals surface area contributed by atoms with Crippen molar-refractivity contribution >= 4 is 11.5 Å². The molecule has 0 heterocycles. The third kappa shape index (κ3) is 2.58. The fourth-order valence-electron chi connectivity index (χ4n) is 2.89. The summed E-state index contributed by atoms with van der Waals surface area (Å²) in [6.45, 7) is 0. The smallest absolute Gasteiger partial charge is 0.124 e. The summed E-state index contributed by atoms with van der Waals surface area (Å²) < 4.78 is 0. The van der Waals surface area contributed by atoms with Crippen molar-refractivity contribution in [2.45, 2.75) is 25.2 Å². The minimum Gasteiger partial charge on any atom is -0.311 e. The van der Waals surface area contributed by atoms with Crippen LogP contribution in [0.3, 0.4) is 0 Å². The molecule has 0 amide bonds.